The average Bonchev–Trinajstić information content (AvgIpc) is 2.72. The van der Waals surface area contributed by atoms with Crippen LogP contribution in [-0.2, 0) is 7.05 Å². The van der Waals surface area contributed by atoms with E-state index < -0.39 is 6.36 Å². The highest BCUT2D eigenvalue weighted by molar-refractivity contribution is 5.92. The lowest BCUT2D eigenvalue weighted by atomic mass is 10.0. The van der Waals surface area contributed by atoms with E-state index in [2.05, 4.69) is 9.84 Å². The van der Waals surface area contributed by atoms with Gasteiger partial charge in [0.2, 0.25) is 0 Å². The van der Waals surface area contributed by atoms with Gasteiger partial charge >= 0.3 is 6.36 Å². The number of nitrogens with two attached hydrogens (primary N) is 1. The van der Waals surface area contributed by atoms with Crippen molar-refractivity contribution in [3.05, 3.63) is 42.5 Å². The SMILES string of the molecule is Cn1nc(N)c2ccc(-c3ccccc3OC(F)(F)F)cc21. The summed E-state index contributed by atoms with van der Waals surface area (Å²) in [6.45, 7) is 0. The fourth-order valence-corrected chi connectivity index (χ4v) is 2.37. The van der Waals surface area contributed by atoms with Gasteiger partial charge in [-0.05, 0) is 23.8 Å². The van der Waals surface area contributed by atoms with Gasteiger partial charge in [0, 0.05) is 18.0 Å². The number of para-hydroxylation sites is 1. The van der Waals surface area contributed by atoms with E-state index >= 15 is 0 Å². The second-order valence-electron chi connectivity index (χ2n) is 4.78. The molecule has 22 heavy (non-hydrogen) atoms. The molecule has 0 bridgehead atoms. The summed E-state index contributed by atoms with van der Waals surface area (Å²) in [5, 5.41) is 4.84. The molecule has 0 aliphatic heterocycles. The van der Waals surface area contributed by atoms with Crippen molar-refractivity contribution >= 4 is 16.7 Å². The number of benzene rings is 2. The summed E-state index contributed by atoms with van der Waals surface area (Å²) >= 11 is 0. The van der Waals surface area contributed by atoms with Crippen LogP contribution in [0, 0.1) is 0 Å². The van der Waals surface area contributed by atoms with Crippen molar-refractivity contribution in [2.45, 2.75) is 6.36 Å². The predicted octanol–water partition coefficient (Wildman–Crippen LogP) is 3.72. The Morgan fingerprint density at radius 3 is 2.59 bits per heavy atom. The van der Waals surface area contributed by atoms with Crippen LogP contribution in [0.2, 0.25) is 0 Å². The van der Waals surface area contributed by atoms with Crippen molar-refractivity contribution in [1.29, 1.82) is 0 Å². The first-order chi connectivity index (χ1) is 10.3. The maximum atomic E-state index is 12.5. The molecule has 0 spiro atoms. The fraction of sp³-hybridized carbons (Fsp3) is 0.133. The van der Waals surface area contributed by atoms with E-state index in [1.807, 2.05) is 0 Å². The van der Waals surface area contributed by atoms with Gasteiger partial charge in [-0.2, -0.15) is 5.10 Å². The number of rotatable bonds is 2. The number of alkyl halides is 3. The zero-order valence-electron chi connectivity index (χ0n) is 11.6. The van der Waals surface area contributed by atoms with Crippen LogP contribution in [0.15, 0.2) is 42.5 Å². The Morgan fingerprint density at radius 2 is 1.86 bits per heavy atom. The molecule has 7 heteroatoms. The number of fused-ring (bicyclic) bond motifs is 1. The van der Waals surface area contributed by atoms with E-state index in [0.29, 0.717) is 16.9 Å². The standard InChI is InChI=1S/C15H12F3N3O/c1-21-12-8-9(6-7-11(12)14(19)20-21)10-4-2-3-5-13(10)22-15(16,17)18/h2-8H,1H3,(H2,19,20). The number of aryl methyl sites for hydroxylation is 1. The number of aromatic nitrogens is 2. The Hall–Kier alpha value is -2.70. The van der Waals surface area contributed by atoms with Gasteiger partial charge in [0.25, 0.3) is 0 Å². The summed E-state index contributed by atoms with van der Waals surface area (Å²) < 4.78 is 43.2. The summed E-state index contributed by atoms with van der Waals surface area (Å²) in [5.41, 5.74) is 7.45. The Balaban J connectivity index is 2.13. The van der Waals surface area contributed by atoms with Crippen molar-refractivity contribution in [1.82, 2.24) is 9.78 Å². The van der Waals surface area contributed by atoms with E-state index in [1.54, 1.807) is 42.1 Å². The third-order valence-corrected chi connectivity index (χ3v) is 3.30. The smallest absolute Gasteiger partial charge is 0.405 e. The van der Waals surface area contributed by atoms with Gasteiger partial charge in [0.05, 0.1) is 5.52 Å². The van der Waals surface area contributed by atoms with Gasteiger partial charge in [-0.1, -0.05) is 24.3 Å². The largest absolute Gasteiger partial charge is 0.573 e. The van der Waals surface area contributed by atoms with Gasteiger partial charge in [-0.3, -0.25) is 4.68 Å². The minimum absolute atomic E-state index is 0.246. The van der Waals surface area contributed by atoms with E-state index in [9.17, 15) is 13.2 Å². The molecule has 3 rings (SSSR count). The third-order valence-electron chi connectivity index (χ3n) is 3.30. The number of hydrogen-bond donors (Lipinski definition) is 1. The molecule has 0 fully saturated rings. The molecule has 0 amide bonds. The molecule has 1 heterocycles. The maximum absolute atomic E-state index is 12.5. The molecule has 1 aromatic heterocycles. The number of nitrogen functional groups attached to an aromatic ring is 1. The molecule has 0 atom stereocenters. The second-order valence-corrected chi connectivity index (χ2v) is 4.78. The van der Waals surface area contributed by atoms with Crippen LogP contribution < -0.4 is 10.5 Å². The summed E-state index contributed by atoms with van der Waals surface area (Å²) in [5.74, 6) is 0.133. The quantitative estimate of drug-likeness (QED) is 0.785. The van der Waals surface area contributed by atoms with E-state index in [1.165, 1.54) is 12.1 Å². The summed E-state index contributed by atoms with van der Waals surface area (Å²) in [7, 11) is 1.72. The third kappa shape index (κ3) is 2.57. The molecular formula is C15H12F3N3O. The average molecular weight is 307 g/mol. The summed E-state index contributed by atoms with van der Waals surface area (Å²) in [6, 6.07) is 11.2. The first kappa shape index (κ1) is 14.2. The van der Waals surface area contributed by atoms with Gasteiger partial charge in [0.15, 0.2) is 5.82 Å². The highest BCUT2D eigenvalue weighted by Gasteiger charge is 2.32. The van der Waals surface area contributed by atoms with Crippen LogP contribution in [0.3, 0.4) is 0 Å². The van der Waals surface area contributed by atoms with Crippen molar-refractivity contribution in [2.24, 2.45) is 7.05 Å². The predicted molar refractivity (Wildman–Crippen MR) is 77.2 cm³/mol. The van der Waals surface area contributed by atoms with Gasteiger partial charge < -0.3 is 10.5 Å². The van der Waals surface area contributed by atoms with Crippen LogP contribution in [0.4, 0.5) is 19.0 Å². The van der Waals surface area contributed by atoms with Crippen LogP contribution in [0.25, 0.3) is 22.0 Å². The number of anilines is 1. The van der Waals surface area contributed by atoms with Crippen LogP contribution in [0.5, 0.6) is 5.75 Å². The lowest BCUT2D eigenvalue weighted by molar-refractivity contribution is -0.274. The molecule has 0 aliphatic carbocycles. The van der Waals surface area contributed by atoms with Gasteiger partial charge in [-0.15, -0.1) is 13.2 Å². The van der Waals surface area contributed by atoms with E-state index in [0.717, 1.165) is 10.9 Å². The first-order valence-corrected chi connectivity index (χ1v) is 6.42. The Bertz CT molecular complexity index is 840. The molecule has 0 aliphatic rings. The molecule has 4 nitrogen and oxygen atoms in total. The molecule has 2 N–H and O–H groups in total. The lowest BCUT2D eigenvalue weighted by Crippen LogP contribution is -2.17. The number of nitrogens with zero attached hydrogens (tertiary/aromatic N) is 2. The zero-order chi connectivity index (χ0) is 15.9. The molecular weight excluding hydrogens is 295 g/mol. The first-order valence-electron chi connectivity index (χ1n) is 6.42. The minimum Gasteiger partial charge on any atom is -0.405 e. The molecule has 0 saturated heterocycles. The van der Waals surface area contributed by atoms with Crippen LogP contribution in [0.1, 0.15) is 0 Å². The Labute approximate surface area is 123 Å². The van der Waals surface area contributed by atoms with Gasteiger partial charge in [0.1, 0.15) is 5.75 Å². The van der Waals surface area contributed by atoms with Crippen molar-refractivity contribution < 1.29 is 17.9 Å². The normalized spacial score (nSPS) is 11.8. The minimum atomic E-state index is -4.74. The van der Waals surface area contributed by atoms with Crippen molar-refractivity contribution in [3.8, 4) is 16.9 Å². The van der Waals surface area contributed by atoms with Crippen molar-refractivity contribution in [3.63, 3.8) is 0 Å². The van der Waals surface area contributed by atoms with E-state index in [4.69, 9.17) is 5.73 Å². The summed E-state index contributed by atoms with van der Waals surface area (Å²) in [6.07, 6.45) is -4.74. The fourth-order valence-electron chi connectivity index (χ4n) is 2.37. The Kier molecular flexibility index (Phi) is 3.20. The highest BCUT2D eigenvalue weighted by atomic mass is 19.4. The van der Waals surface area contributed by atoms with Crippen LogP contribution >= 0.6 is 0 Å². The van der Waals surface area contributed by atoms with Crippen molar-refractivity contribution in [2.75, 3.05) is 5.73 Å². The molecule has 0 saturated carbocycles. The highest BCUT2D eigenvalue weighted by Crippen LogP contribution is 2.35. The molecule has 114 valence electrons. The number of ether oxygens (including phenoxy) is 1. The maximum Gasteiger partial charge on any atom is 0.573 e. The zero-order valence-corrected chi connectivity index (χ0v) is 11.6. The molecule has 2 aromatic carbocycles. The second kappa shape index (κ2) is 4.94. The number of halogens is 3. The van der Waals surface area contributed by atoms with E-state index in [-0.39, 0.29) is 5.75 Å². The lowest BCUT2D eigenvalue weighted by Gasteiger charge is -2.13. The molecule has 0 radical (unpaired) electrons. The number of hydrogen-bond acceptors (Lipinski definition) is 3. The van der Waals surface area contributed by atoms with Gasteiger partial charge in [-0.25, -0.2) is 0 Å². The monoisotopic (exact) mass is 307 g/mol. The van der Waals surface area contributed by atoms with Crippen LogP contribution in [-0.4, -0.2) is 16.1 Å². The molecule has 0 unspecified atom stereocenters. The topological polar surface area (TPSA) is 53.1 Å². The summed E-state index contributed by atoms with van der Waals surface area (Å²) in [4.78, 5) is 0. The molecule has 3 aromatic rings. The Morgan fingerprint density at radius 1 is 1.14 bits per heavy atom.